The highest BCUT2D eigenvalue weighted by atomic mass is 16.5. The van der Waals surface area contributed by atoms with Gasteiger partial charge in [0, 0.05) is 11.1 Å². The van der Waals surface area contributed by atoms with Gasteiger partial charge in [-0.2, -0.15) is 0 Å². The van der Waals surface area contributed by atoms with Crippen LogP contribution >= 0.6 is 0 Å². The van der Waals surface area contributed by atoms with E-state index in [-0.39, 0.29) is 18.1 Å². The first-order valence-electron chi connectivity index (χ1n) is 4.63. The van der Waals surface area contributed by atoms with E-state index in [2.05, 4.69) is 0 Å². The Hall–Kier alpha value is -1.55. The Morgan fingerprint density at radius 2 is 2.13 bits per heavy atom. The molecule has 15 heavy (non-hydrogen) atoms. The second-order valence-electron chi connectivity index (χ2n) is 3.38. The van der Waals surface area contributed by atoms with Crippen LogP contribution in [0.25, 0.3) is 0 Å². The normalized spacial score (nSPS) is 10.1. The largest absolute Gasteiger partial charge is 0.504 e. The van der Waals surface area contributed by atoms with Gasteiger partial charge in [0.15, 0.2) is 17.3 Å². The highest BCUT2D eigenvalue weighted by molar-refractivity contribution is 6.00. The fraction of sp³-hybridized carbons (Fsp3) is 0.364. The molecule has 4 heteroatoms. The van der Waals surface area contributed by atoms with Gasteiger partial charge in [-0.25, -0.2) is 0 Å². The maximum absolute atomic E-state index is 11.5. The SMILES string of the molecule is COc1c(C)c(C(=O)CN)cc(C)c1O. The molecule has 82 valence electrons. The Balaban J connectivity index is 3.43. The van der Waals surface area contributed by atoms with Crippen molar-refractivity contribution in [3.63, 3.8) is 0 Å². The van der Waals surface area contributed by atoms with E-state index < -0.39 is 0 Å². The van der Waals surface area contributed by atoms with Crippen LogP contribution in [-0.4, -0.2) is 24.5 Å². The molecule has 0 saturated heterocycles. The van der Waals surface area contributed by atoms with Gasteiger partial charge in [0.1, 0.15) is 0 Å². The first-order valence-corrected chi connectivity index (χ1v) is 4.63. The van der Waals surface area contributed by atoms with Crippen LogP contribution in [-0.2, 0) is 0 Å². The number of phenols is 1. The predicted octanol–water partition coefficient (Wildman–Crippen LogP) is 1.16. The molecule has 0 aliphatic heterocycles. The number of ketones is 1. The van der Waals surface area contributed by atoms with Crippen LogP contribution in [0.2, 0.25) is 0 Å². The average molecular weight is 209 g/mol. The molecule has 0 saturated carbocycles. The molecule has 0 bridgehead atoms. The summed E-state index contributed by atoms with van der Waals surface area (Å²) in [6.45, 7) is 3.39. The Bertz CT molecular complexity index is 399. The summed E-state index contributed by atoms with van der Waals surface area (Å²) in [6.07, 6.45) is 0. The average Bonchev–Trinajstić information content (AvgIpc) is 2.23. The number of Topliss-reactive ketones (excluding diaryl/α,β-unsaturated/α-hetero) is 1. The van der Waals surface area contributed by atoms with E-state index in [1.807, 2.05) is 0 Å². The highest BCUT2D eigenvalue weighted by Crippen LogP contribution is 2.35. The van der Waals surface area contributed by atoms with Gasteiger partial charge in [0.05, 0.1) is 13.7 Å². The molecule has 0 aliphatic carbocycles. The number of benzene rings is 1. The number of carbonyl (C=O) groups excluding carboxylic acids is 1. The van der Waals surface area contributed by atoms with Gasteiger partial charge in [0.25, 0.3) is 0 Å². The van der Waals surface area contributed by atoms with E-state index in [1.54, 1.807) is 19.9 Å². The molecule has 1 rings (SSSR count). The number of carbonyl (C=O) groups is 1. The molecule has 0 amide bonds. The van der Waals surface area contributed by atoms with Crippen molar-refractivity contribution in [2.45, 2.75) is 13.8 Å². The van der Waals surface area contributed by atoms with Crippen LogP contribution in [0.15, 0.2) is 6.07 Å². The molecule has 4 nitrogen and oxygen atoms in total. The van der Waals surface area contributed by atoms with Gasteiger partial charge in [-0.1, -0.05) is 0 Å². The topological polar surface area (TPSA) is 72.5 Å². The number of aryl methyl sites for hydroxylation is 1. The van der Waals surface area contributed by atoms with E-state index in [0.717, 1.165) is 0 Å². The summed E-state index contributed by atoms with van der Waals surface area (Å²) >= 11 is 0. The molecule has 0 atom stereocenters. The summed E-state index contributed by atoms with van der Waals surface area (Å²) in [6, 6.07) is 1.63. The summed E-state index contributed by atoms with van der Waals surface area (Å²) in [4.78, 5) is 11.5. The molecule has 0 aromatic heterocycles. The summed E-state index contributed by atoms with van der Waals surface area (Å²) < 4.78 is 5.05. The van der Waals surface area contributed by atoms with Gasteiger partial charge in [-0.3, -0.25) is 4.79 Å². The van der Waals surface area contributed by atoms with Crippen LogP contribution in [0.4, 0.5) is 0 Å². The van der Waals surface area contributed by atoms with Crippen molar-refractivity contribution in [1.29, 1.82) is 0 Å². The molecule has 0 unspecified atom stereocenters. The zero-order valence-corrected chi connectivity index (χ0v) is 9.13. The molecular formula is C11H15NO3. The Labute approximate surface area is 88.7 Å². The summed E-state index contributed by atoms with van der Waals surface area (Å²) in [5.41, 5.74) is 7.03. The highest BCUT2D eigenvalue weighted by Gasteiger charge is 2.16. The Morgan fingerprint density at radius 3 is 2.60 bits per heavy atom. The summed E-state index contributed by atoms with van der Waals surface area (Å²) in [5.74, 6) is 0.254. The second-order valence-corrected chi connectivity index (χ2v) is 3.38. The third-order valence-electron chi connectivity index (χ3n) is 2.38. The molecular weight excluding hydrogens is 194 g/mol. The lowest BCUT2D eigenvalue weighted by atomic mass is 10.00. The van der Waals surface area contributed by atoms with Gasteiger partial charge in [-0.15, -0.1) is 0 Å². The van der Waals surface area contributed by atoms with E-state index in [9.17, 15) is 9.90 Å². The quantitative estimate of drug-likeness (QED) is 0.733. The lowest BCUT2D eigenvalue weighted by molar-refractivity contribution is 0.100. The Kier molecular flexibility index (Phi) is 3.31. The minimum Gasteiger partial charge on any atom is -0.504 e. The molecule has 0 aliphatic rings. The van der Waals surface area contributed by atoms with Crippen molar-refractivity contribution in [2.75, 3.05) is 13.7 Å². The van der Waals surface area contributed by atoms with Crippen molar-refractivity contribution >= 4 is 5.78 Å². The standard InChI is InChI=1S/C11H15NO3/c1-6-4-8(9(13)5-12)7(2)11(15-3)10(6)14/h4,14H,5,12H2,1-3H3. The number of aromatic hydroxyl groups is 1. The third kappa shape index (κ3) is 1.94. The van der Waals surface area contributed by atoms with Crippen molar-refractivity contribution in [3.8, 4) is 11.5 Å². The maximum Gasteiger partial charge on any atom is 0.176 e. The summed E-state index contributed by atoms with van der Waals surface area (Å²) in [5, 5.41) is 9.69. The lowest BCUT2D eigenvalue weighted by Gasteiger charge is -2.13. The fourth-order valence-corrected chi connectivity index (χ4v) is 1.52. The van der Waals surface area contributed by atoms with E-state index in [4.69, 9.17) is 10.5 Å². The molecule has 0 heterocycles. The number of nitrogens with two attached hydrogens (primary N) is 1. The first kappa shape index (κ1) is 11.5. The van der Waals surface area contributed by atoms with Crippen LogP contribution in [0.5, 0.6) is 11.5 Å². The number of hydrogen-bond donors (Lipinski definition) is 2. The van der Waals surface area contributed by atoms with Gasteiger partial charge < -0.3 is 15.6 Å². The number of rotatable bonds is 3. The molecule has 1 aromatic carbocycles. The van der Waals surface area contributed by atoms with Crippen molar-refractivity contribution < 1.29 is 14.6 Å². The maximum atomic E-state index is 11.5. The smallest absolute Gasteiger partial charge is 0.176 e. The number of ether oxygens (including phenoxy) is 1. The third-order valence-corrected chi connectivity index (χ3v) is 2.38. The van der Waals surface area contributed by atoms with E-state index in [1.165, 1.54) is 7.11 Å². The second kappa shape index (κ2) is 4.31. The van der Waals surface area contributed by atoms with Crippen LogP contribution in [0.3, 0.4) is 0 Å². The monoisotopic (exact) mass is 209 g/mol. The molecule has 0 radical (unpaired) electrons. The summed E-state index contributed by atoms with van der Waals surface area (Å²) in [7, 11) is 1.46. The minimum atomic E-state index is -0.158. The van der Waals surface area contributed by atoms with E-state index in [0.29, 0.717) is 22.4 Å². The van der Waals surface area contributed by atoms with Crippen molar-refractivity contribution in [2.24, 2.45) is 5.73 Å². The van der Waals surface area contributed by atoms with Gasteiger partial charge >= 0.3 is 0 Å². The van der Waals surface area contributed by atoms with E-state index >= 15 is 0 Å². The van der Waals surface area contributed by atoms with Gasteiger partial charge in [-0.05, 0) is 25.5 Å². The fourth-order valence-electron chi connectivity index (χ4n) is 1.52. The number of phenolic OH excluding ortho intramolecular Hbond substituents is 1. The van der Waals surface area contributed by atoms with Crippen molar-refractivity contribution in [1.82, 2.24) is 0 Å². The zero-order valence-electron chi connectivity index (χ0n) is 9.13. The molecule has 3 N–H and O–H groups in total. The Morgan fingerprint density at radius 1 is 1.53 bits per heavy atom. The lowest BCUT2D eigenvalue weighted by Crippen LogP contribution is -2.15. The van der Waals surface area contributed by atoms with Crippen LogP contribution in [0, 0.1) is 13.8 Å². The zero-order chi connectivity index (χ0) is 11.6. The molecule has 1 aromatic rings. The predicted molar refractivity (Wildman–Crippen MR) is 57.5 cm³/mol. The number of hydrogen-bond acceptors (Lipinski definition) is 4. The van der Waals surface area contributed by atoms with Crippen LogP contribution < -0.4 is 10.5 Å². The van der Waals surface area contributed by atoms with Crippen molar-refractivity contribution in [3.05, 3.63) is 22.8 Å². The molecule has 0 spiro atoms. The number of methoxy groups -OCH3 is 1. The van der Waals surface area contributed by atoms with Gasteiger partial charge in [0.2, 0.25) is 0 Å². The van der Waals surface area contributed by atoms with Crippen LogP contribution in [0.1, 0.15) is 21.5 Å². The first-order chi connectivity index (χ1) is 7.02. The molecule has 0 fully saturated rings. The minimum absolute atomic E-state index is 0.0474.